The molecule has 0 N–H and O–H groups in total. The van der Waals surface area contributed by atoms with Crippen molar-refractivity contribution in [3.63, 3.8) is 0 Å². The first-order valence-electron chi connectivity index (χ1n) is 9.98. The van der Waals surface area contributed by atoms with Gasteiger partial charge in [0.25, 0.3) is 0 Å². The van der Waals surface area contributed by atoms with Crippen LogP contribution in [0.15, 0.2) is 89.9 Å². The molecule has 0 aliphatic carbocycles. The lowest BCUT2D eigenvalue weighted by Gasteiger charge is -2.23. The van der Waals surface area contributed by atoms with Crippen molar-refractivity contribution in [1.29, 1.82) is 0 Å². The van der Waals surface area contributed by atoms with Gasteiger partial charge in [-0.25, -0.2) is 4.79 Å². The molecule has 3 nitrogen and oxygen atoms in total. The Morgan fingerprint density at radius 1 is 0.867 bits per heavy atom. The lowest BCUT2D eigenvalue weighted by Crippen LogP contribution is -2.33. The summed E-state index contributed by atoms with van der Waals surface area (Å²) in [7, 11) is 0. The molecule has 3 aromatic carbocycles. The fourth-order valence-corrected chi connectivity index (χ4v) is 3.69. The second kappa shape index (κ2) is 10.0. The third kappa shape index (κ3) is 6.26. The van der Waals surface area contributed by atoms with Crippen molar-refractivity contribution in [1.82, 2.24) is 0 Å². The summed E-state index contributed by atoms with van der Waals surface area (Å²) in [5.74, 6) is -0.313. The van der Waals surface area contributed by atoms with Crippen LogP contribution in [0, 0.1) is 3.57 Å². The number of hydrogen-bond acceptors (Lipinski definition) is 3. The van der Waals surface area contributed by atoms with Gasteiger partial charge < -0.3 is 4.74 Å². The minimum absolute atomic E-state index is 0.313. The highest BCUT2D eigenvalue weighted by atomic mass is 127. The van der Waals surface area contributed by atoms with Crippen molar-refractivity contribution in [2.45, 2.75) is 38.8 Å². The van der Waals surface area contributed by atoms with Gasteiger partial charge in [0.15, 0.2) is 6.04 Å². The predicted octanol–water partition coefficient (Wildman–Crippen LogP) is 6.08. The average Bonchev–Trinajstić information content (AvgIpc) is 2.72. The van der Waals surface area contributed by atoms with Crippen LogP contribution in [-0.2, 0) is 16.0 Å². The minimum Gasteiger partial charge on any atom is -0.458 e. The number of carbonyl (C=O) groups is 1. The highest BCUT2D eigenvalue weighted by molar-refractivity contribution is 14.1. The second-order valence-electron chi connectivity index (χ2n) is 8.05. The van der Waals surface area contributed by atoms with E-state index in [1.807, 2.05) is 106 Å². The van der Waals surface area contributed by atoms with Gasteiger partial charge in [0, 0.05) is 21.1 Å². The Labute approximate surface area is 192 Å². The molecule has 0 aromatic heterocycles. The molecular formula is C26H26INO2. The van der Waals surface area contributed by atoms with Gasteiger partial charge in [-0.15, -0.1) is 0 Å². The predicted molar refractivity (Wildman–Crippen MR) is 131 cm³/mol. The first kappa shape index (κ1) is 22.2. The topological polar surface area (TPSA) is 38.7 Å². The van der Waals surface area contributed by atoms with Gasteiger partial charge in [0.1, 0.15) is 5.60 Å². The molecule has 0 aliphatic rings. The number of rotatable bonds is 6. The van der Waals surface area contributed by atoms with Gasteiger partial charge in [-0.05, 0) is 55.0 Å². The molecule has 1 atom stereocenters. The second-order valence-corrected chi connectivity index (χ2v) is 9.22. The van der Waals surface area contributed by atoms with E-state index < -0.39 is 11.6 Å². The molecule has 3 aromatic rings. The van der Waals surface area contributed by atoms with Crippen LogP contribution in [0.25, 0.3) is 0 Å². The number of halogens is 1. The molecule has 0 aliphatic heterocycles. The van der Waals surface area contributed by atoms with E-state index in [9.17, 15) is 4.79 Å². The maximum Gasteiger partial charge on any atom is 0.331 e. The van der Waals surface area contributed by atoms with Crippen molar-refractivity contribution < 1.29 is 9.53 Å². The summed E-state index contributed by atoms with van der Waals surface area (Å²) in [6.45, 7) is 5.65. The average molecular weight is 511 g/mol. The molecule has 0 fully saturated rings. The lowest BCUT2D eigenvalue weighted by molar-refractivity contribution is -0.156. The molecule has 0 bridgehead atoms. The highest BCUT2D eigenvalue weighted by Gasteiger charge is 2.26. The summed E-state index contributed by atoms with van der Waals surface area (Å²) in [5, 5.41) is 0. The summed E-state index contributed by atoms with van der Waals surface area (Å²) in [6.07, 6.45) is 0.483. The third-order valence-corrected chi connectivity index (χ3v) is 5.48. The van der Waals surface area contributed by atoms with Gasteiger partial charge in [0.2, 0.25) is 0 Å². The Balaban J connectivity index is 2.08. The van der Waals surface area contributed by atoms with E-state index in [0.29, 0.717) is 6.42 Å². The van der Waals surface area contributed by atoms with Crippen LogP contribution in [0.3, 0.4) is 0 Å². The van der Waals surface area contributed by atoms with Crippen LogP contribution in [0.2, 0.25) is 0 Å². The van der Waals surface area contributed by atoms with E-state index in [2.05, 4.69) is 22.6 Å². The van der Waals surface area contributed by atoms with Gasteiger partial charge >= 0.3 is 5.97 Å². The van der Waals surface area contributed by atoms with Crippen LogP contribution in [0.4, 0.5) is 0 Å². The van der Waals surface area contributed by atoms with E-state index in [0.717, 1.165) is 26.0 Å². The lowest BCUT2D eigenvalue weighted by atomic mass is 10.0. The Morgan fingerprint density at radius 2 is 1.37 bits per heavy atom. The molecule has 154 valence electrons. The molecule has 0 saturated carbocycles. The maximum atomic E-state index is 13.1. The van der Waals surface area contributed by atoms with Crippen molar-refractivity contribution in [2.75, 3.05) is 0 Å². The van der Waals surface area contributed by atoms with E-state index in [-0.39, 0.29) is 5.97 Å². The molecule has 0 radical (unpaired) electrons. The summed E-state index contributed by atoms with van der Waals surface area (Å²) in [6, 6.07) is 27.4. The quantitative estimate of drug-likeness (QED) is 0.229. The number of benzene rings is 3. The number of aliphatic imine (C=N–C) groups is 1. The number of hydrogen-bond donors (Lipinski definition) is 0. The largest absolute Gasteiger partial charge is 0.458 e. The van der Waals surface area contributed by atoms with Crippen molar-refractivity contribution >= 4 is 34.3 Å². The van der Waals surface area contributed by atoms with E-state index in [4.69, 9.17) is 9.73 Å². The molecule has 0 heterocycles. The van der Waals surface area contributed by atoms with Crippen LogP contribution in [0.5, 0.6) is 0 Å². The van der Waals surface area contributed by atoms with Crippen LogP contribution in [0.1, 0.15) is 37.5 Å². The normalized spacial score (nSPS) is 12.1. The van der Waals surface area contributed by atoms with Crippen molar-refractivity contribution in [3.05, 3.63) is 105 Å². The SMILES string of the molecule is CC(C)(C)OC(=O)[C@@H](Cc1ccccc1I)N=C(c1ccccc1)c1ccccc1. The first-order valence-corrected chi connectivity index (χ1v) is 11.1. The van der Waals surface area contributed by atoms with Gasteiger partial charge in [-0.2, -0.15) is 0 Å². The van der Waals surface area contributed by atoms with E-state index in [1.54, 1.807) is 0 Å². The van der Waals surface area contributed by atoms with Crippen LogP contribution < -0.4 is 0 Å². The molecule has 3 rings (SSSR count). The third-order valence-electron chi connectivity index (χ3n) is 4.43. The zero-order chi connectivity index (χ0) is 21.6. The number of nitrogens with zero attached hydrogens (tertiary/aromatic N) is 1. The summed E-state index contributed by atoms with van der Waals surface area (Å²) >= 11 is 2.30. The smallest absolute Gasteiger partial charge is 0.331 e. The monoisotopic (exact) mass is 511 g/mol. The molecule has 0 amide bonds. The Bertz CT molecular complexity index is 966. The Hall–Kier alpha value is -2.47. The van der Waals surface area contributed by atoms with Gasteiger partial charge in [-0.3, -0.25) is 4.99 Å². The zero-order valence-electron chi connectivity index (χ0n) is 17.5. The van der Waals surface area contributed by atoms with Crippen molar-refractivity contribution in [3.8, 4) is 0 Å². The zero-order valence-corrected chi connectivity index (χ0v) is 19.7. The Morgan fingerprint density at radius 3 is 1.87 bits per heavy atom. The Kier molecular flexibility index (Phi) is 7.43. The fraction of sp³-hybridized carbons (Fsp3) is 0.231. The summed E-state index contributed by atoms with van der Waals surface area (Å²) < 4.78 is 6.85. The molecular weight excluding hydrogens is 485 g/mol. The molecule has 0 spiro atoms. The number of ether oxygens (including phenoxy) is 1. The molecule has 4 heteroatoms. The number of carbonyl (C=O) groups excluding carboxylic acids is 1. The summed E-state index contributed by atoms with van der Waals surface area (Å²) in [5.41, 5.74) is 3.24. The molecule has 0 unspecified atom stereocenters. The number of esters is 1. The first-order chi connectivity index (χ1) is 14.3. The fourth-order valence-electron chi connectivity index (χ4n) is 3.09. The summed E-state index contributed by atoms with van der Waals surface area (Å²) in [4.78, 5) is 18.1. The standard InChI is InChI=1S/C26H26INO2/c1-26(2,3)30-25(29)23(18-21-16-10-11-17-22(21)27)28-24(19-12-6-4-7-13-19)20-14-8-5-9-15-20/h4-17,23H,18H2,1-3H3/t23-/m1/s1. The van der Waals surface area contributed by atoms with E-state index in [1.165, 1.54) is 0 Å². The van der Waals surface area contributed by atoms with Crippen LogP contribution >= 0.6 is 22.6 Å². The minimum atomic E-state index is -0.643. The van der Waals surface area contributed by atoms with Gasteiger partial charge in [-0.1, -0.05) is 78.9 Å². The van der Waals surface area contributed by atoms with Gasteiger partial charge in [0.05, 0.1) is 5.71 Å². The van der Waals surface area contributed by atoms with E-state index >= 15 is 0 Å². The van der Waals surface area contributed by atoms with Crippen LogP contribution in [-0.4, -0.2) is 23.3 Å². The highest BCUT2D eigenvalue weighted by Crippen LogP contribution is 2.20. The van der Waals surface area contributed by atoms with Crippen molar-refractivity contribution in [2.24, 2.45) is 4.99 Å². The molecule has 30 heavy (non-hydrogen) atoms. The molecule has 0 saturated heterocycles. The maximum absolute atomic E-state index is 13.1.